The van der Waals surface area contributed by atoms with E-state index in [0.717, 1.165) is 110 Å². The molecule has 0 saturated heterocycles. The third-order valence-corrected chi connectivity index (χ3v) is 21.8. The minimum atomic E-state index is 0.525. The normalized spacial score (nSPS) is 12.1. The Hall–Kier alpha value is -11.8. The average molecular weight is 1200 g/mol. The Balaban J connectivity index is 1.04. The summed E-state index contributed by atoms with van der Waals surface area (Å²) >= 11 is 3.73. The van der Waals surface area contributed by atoms with E-state index in [1.165, 1.54) is 73.4 Å². The van der Waals surface area contributed by atoms with Crippen molar-refractivity contribution in [2.75, 3.05) is 0 Å². The zero-order valence-corrected chi connectivity index (χ0v) is 51.0. The first-order chi connectivity index (χ1) is 45.7. The molecule has 6 aromatic heterocycles. The summed E-state index contributed by atoms with van der Waals surface area (Å²) in [6.07, 6.45) is 0. The highest BCUT2D eigenvalue weighted by Gasteiger charge is 2.36. The number of para-hydroxylation sites is 6. The van der Waals surface area contributed by atoms with Crippen LogP contribution in [0.25, 0.3) is 189 Å². The van der Waals surface area contributed by atoms with Crippen LogP contribution in [0.5, 0.6) is 0 Å². The lowest BCUT2D eigenvalue weighted by Crippen LogP contribution is -2.14. The van der Waals surface area contributed by atoms with Gasteiger partial charge in [-0.25, -0.2) is 4.85 Å². The molecule has 0 spiro atoms. The van der Waals surface area contributed by atoms with Crippen LogP contribution in [0.3, 0.4) is 0 Å². The van der Waals surface area contributed by atoms with Crippen LogP contribution in [-0.4, -0.2) is 18.3 Å². The Morgan fingerprint density at radius 3 is 0.924 bits per heavy atom. The van der Waals surface area contributed by atoms with Crippen molar-refractivity contribution in [2.45, 2.75) is 0 Å². The summed E-state index contributed by atoms with van der Waals surface area (Å²) in [4.78, 5) is 5.12. The SMILES string of the molecule is [C-]#[N+]c1c(-n2c3ccccc3c3ccccc32)c(-n2c3ccccc3c3c4sc5ccc(-c6ccccc6)cc5c4ccc32)c(-c2ccccc2)c(-n2c3ccccc3c3c4sc5ccc(-c6ccccc6)cc5c4ccc32)c1-n1c2ccccc2c2ccccc21. The number of aromatic nitrogens is 4. The molecule has 0 aliphatic carbocycles. The zero-order chi connectivity index (χ0) is 60.3. The number of fused-ring (bicyclic) bond motifs is 20. The van der Waals surface area contributed by atoms with Gasteiger partial charge in [-0.05, 0) is 101 Å². The summed E-state index contributed by atoms with van der Waals surface area (Å²) in [6, 6.07) is 109. The van der Waals surface area contributed by atoms with Crippen LogP contribution in [0.2, 0.25) is 0 Å². The van der Waals surface area contributed by atoms with Gasteiger partial charge in [-0.15, -0.1) is 22.7 Å². The molecule has 0 unspecified atom stereocenters. The van der Waals surface area contributed by atoms with E-state index in [9.17, 15) is 6.57 Å². The van der Waals surface area contributed by atoms with Crippen LogP contribution in [0.4, 0.5) is 5.69 Å². The summed E-state index contributed by atoms with van der Waals surface area (Å²) in [6.45, 7) is 10.3. The van der Waals surface area contributed by atoms with Crippen LogP contribution in [0.15, 0.2) is 297 Å². The summed E-state index contributed by atoms with van der Waals surface area (Å²) in [5, 5.41) is 14.0. The molecule has 0 bridgehead atoms. The summed E-state index contributed by atoms with van der Waals surface area (Å²) in [5.74, 6) is 0. The first kappa shape index (κ1) is 51.1. The maximum absolute atomic E-state index is 10.3. The molecule has 5 nitrogen and oxygen atoms in total. The molecule has 0 amide bonds. The molecule has 0 N–H and O–H groups in total. The fraction of sp³-hybridized carbons (Fsp3) is 0. The molecule has 0 aliphatic heterocycles. The predicted molar refractivity (Wildman–Crippen MR) is 392 cm³/mol. The molecule has 20 aromatic rings. The van der Waals surface area contributed by atoms with E-state index in [0.29, 0.717) is 5.69 Å². The summed E-state index contributed by atoms with van der Waals surface area (Å²) in [5.41, 5.74) is 19.0. The largest absolute Gasteiger partial charge is 0.317 e. The lowest BCUT2D eigenvalue weighted by molar-refractivity contribution is 1.05. The van der Waals surface area contributed by atoms with Crippen molar-refractivity contribution >= 4 is 156 Å². The lowest BCUT2D eigenvalue weighted by Gasteiger charge is -2.29. The molecular weight excluding hydrogens is 1160 g/mol. The molecule has 0 aliphatic rings. The number of hydrogen-bond acceptors (Lipinski definition) is 2. The van der Waals surface area contributed by atoms with Crippen LogP contribution in [-0.2, 0) is 0 Å². The fourth-order valence-electron chi connectivity index (χ4n) is 15.5. The third-order valence-electron chi connectivity index (χ3n) is 19.4. The highest BCUT2D eigenvalue weighted by Crippen LogP contribution is 2.56. The number of nitrogens with zero attached hydrogens (tertiary/aromatic N) is 5. The highest BCUT2D eigenvalue weighted by atomic mass is 32.1. The van der Waals surface area contributed by atoms with Gasteiger partial charge in [0.1, 0.15) is 0 Å². The second-order valence-corrected chi connectivity index (χ2v) is 26.2. The highest BCUT2D eigenvalue weighted by molar-refractivity contribution is 7.27. The van der Waals surface area contributed by atoms with E-state index < -0.39 is 0 Å². The van der Waals surface area contributed by atoms with Gasteiger partial charge >= 0.3 is 0 Å². The number of rotatable bonds is 7. The van der Waals surface area contributed by atoms with E-state index in [4.69, 9.17) is 4.85 Å². The fourth-order valence-corrected chi connectivity index (χ4v) is 18.0. The van der Waals surface area contributed by atoms with Crippen molar-refractivity contribution in [3.8, 4) is 56.1 Å². The van der Waals surface area contributed by atoms with E-state index in [-0.39, 0.29) is 0 Å². The quantitative estimate of drug-likeness (QED) is 0.142. The number of thiophene rings is 2. The van der Waals surface area contributed by atoms with Gasteiger partial charge in [0.05, 0.1) is 73.5 Å². The first-order valence-corrected chi connectivity index (χ1v) is 32.8. The third kappa shape index (κ3) is 7.10. The van der Waals surface area contributed by atoms with E-state index in [1.807, 2.05) is 22.7 Å². The van der Waals surface area contributed by atoms with Crippen LogP contribution in [0, 0.1) is 6.57 Å². The van der Waals surface area contributed by atoms with Gasteiger partial charge in [-0.1, -0.05) is 224 Å². The molecule has 6 heterocycles. The molecule has 7 heteroatoms. The number of hydrogen-bond donors (Lipinski definition) is 0. The second kappa shape index (κ2) is 19.6. The van der Waals surface area contributed by atoms with Crippen molar-refractivity contribution in [3.63, 3.8) is 0 Å². The van der Waals surface area contributed by atoms with E-state index in [2.05, 4.69) is 316 Å². The van der Waals surface area contributed by atoms with Gasteiger partial charge in [-0.2, -0.15) is 0 Å². The Morgan fingerprint density at radius 2 is 0.554 bits per heavy atom. The van der Waals surface area contributed by atoms with Gasteiger partial charge in [0.15, 0.2) is 0 Å². The standard InChI is InChI=1S/C85H49N5S2/c1-86-79-82(87-66-35-17-11-29-56(66)57-30-12-18-36-67(57)87)80(89-70-39-21-15-33-62(70)77-72(89)45-43-60-64-49-54(51-23-5-2-6-24-51)41-47-74(64)91-84(60)77)76(53-27-9-4-10-28-53)81(83(79)88-68-37-19-13-31-58(68)59-32-14-20-38-69(59)88)90-71-40-22-16-34-63(71)78-73(90)46-44-61-65-50-55(52-25-7-3-8-26-52)42-48-75(65)92-85(61)78/h2-50H. The Morgan fingerprint density at radius 1 is 0.239 bits per heavy atom. The Kier molecular flexibility index (Phi) is 10.9. The average Bonchev–Trinajstić information content (AvgIpc) is 1.45. The van der Waals surface area contributed by atoms with Crippen molar-refractivity contribution < 1.29 is 0 Å². The molecule has 0 saturated carbocycles. The molecule has 426 valence electrons. The minimum absolute atomic E-state index is 0.525. The predicted octanol–water partition coefficient (Wildman–Crippen LogP) is 24.4. The van der Waals surface area contributed by atoms with Gasteiger partial charge in [0, 0.05) is 89.0 Å². The van der Waals surface area contributed by atoms with Crippen molar-refractivity contribution in [2.24, 2.45) is 0 Å². The maximum atomic E-state index is 10.3. The Labute approximate surface area is 535 Å². The molecule has 0 radical (unpaired) electrons. The molecule has 0 atom stereocenters. The lowest BCUT2D eigenvalue weighted by atomic mass is 9.95. The topological polar surface area (TPSA) is 24.1 Å². The van der Waals surface area contributed by atoms with Crippen molar-refractivity contribution in [1.82, 2.24) is 18.3 Å². The van der Waals surface area contributed by atoms with Gasteiger partial charge < -0.3 is 18.3 Å². The zero-order valence-electron chi connectivity index (χ0n) is 49.3. The van der Waals surface area contributed by atoms with Crippen LogP contribution >= 0.6 is 22.7 Å². The van der Waals surface area contributed by atoms with E-state index in [1.54, 1.807) is 0 Å². The van der Waals surface area contributed by atoms with Gasteiger partial charge in [-0.3, -0.25) is 0 Å². The molecule has 20 rings (SSSR count). The second-order valence-electron chi connectivity index (χ2n) is 24.1. The van der Waals surface area contributed by atoms with Crippen LogP contribution in [0.1, 0.15) is 0 Å². The van der Waals surface area contributed by atoms with Gasteiger partial charge in [0.2, 0.25) is 5.69 Å². The van der Waals surface area contributed by atoms with E-state index >= 15 is 0 Å². The smallest absolute Gasteiger partial charge is 0.238 e. The first-order valence-electron chi connectivity index (χ1n) is 31.2. The summed E-state index contributed by atoms with van der Waals surface area (Å²) < 4.78 is 14.9. The van der Waals surface area contributed by atoms with Crippen molar-refractivity contribution in [1.29, 1.82) is 0 Å². The van der Waals surface area contributed by atoms with Crippen LogP contribution < -0.4 is 0 Å². The maximum Gasteiger partial charge on any atom is 0.238 e. The van der Waals surface area contributed by atoms with Crippen molar-refractivity contribution in [3.05, 3.63) is 309 Å². The summed E-state index contributed by atoms with van der Waals surface area (Å²) in [7, 11) is 0. The Bertz CT molecular complexity index is 6090. The molecule has 92 heavy (non-hydrogen) atoms. The molecular formula is C85H49N5S2. The number of benzene rings is 14. The van der Waals surface area contributed by atoms with Gasteiger partial charge in [0.25, 0.3) is 0 Å². The minimum Gasteiger partial charge on any atom is -0.317 e. The molecule has 0 fully saturated rings. The molecule has 14 aromatic carbocycles. The monoisotopic (exact) mass is 1200 g/mol.